The second kappa shape index (κ2) is 8.44. The number of aliphatic hydroxyl groups excluding tert-OH is 1. The van der Waals surface area contributed by atoms with Crippen LogP contribution in [0.2, 0.25) is 5.02 Å². The van der Waals surface area contributed by atoms with Crippen LogP contribution in [0.3, 0.4) is 0 Å². The molecule has 4 rings (SSSR count). The molecule has 0 aliphatic heterocycles. The molecule has 0 radical (unpaired) electrons. The largest absolute Gasteiger partial charge is 0.394 e. The lowest BCUT2D eigenvalue weighted by molar-refractivity contribution is 0.247. The first kappa shape index (κ1) is 19.7. The van der Waals surface area contributed by atoms with E-state index in [1.807, 2.05) is 0 Å². The Labute approximate surface area is 175 Å². The number of nitrogens with zero attached hydrogens (tertiary/aromatic N) is 4. The molecule has 1 atom stereocenters. The highest BCUT2D eigenvalue weighted by molar-refractivity contribution is 6.30. The van der Waals surface area contributed by atoms with Crippen LogP contribution in [0.5, 0.6) is 0 Å². The highest BCUT2D eigenvalue weighted by atomic mass is 35.5. The SMILES string of the molecule is O=c1cc(-c2ccnc(Nc3cn[nH]c3)n2)ccn1[C@H](CO)c1ccc(Cl)c(F)c1. The Morgan fingerprint density at radius 3 is 2.83 bits per heavy atom. The van der Waals surface area contributed by atoms with Gasteiger partial charge in [-0.05, 0) is 29.8 Å². The van der Waals surface area contributed by atoms with Gasteiger partial charge in [0.25, 0.3) is 5.56 Å². The first-order chi connectivity index (χ1) is 14.5. The number of H-pyrrole nitrogens is 1. The molecule has 0 saturated heterocycles. The standard InChI is InChI=1S/C20H16ClFN6O2/c21-15-2-1-13(7-16(15)22)18(11-29)28-6-4-12(8-19(28)30)17-3-5-23-20(27-17)26-14-9-24-25-10-14/h1-10,18,29H,11H2,(H,24,25)(H,23,26,27)/t18-/m1/s1. The Bertz CT molecular complexity index is 1230. The first-order valence-electron chi connectivity index (χ1n) is 8.92. The van der Waals surface area contributed by atoms with E-state index in [0.717, 1.165) is 0 Å². The van der Waals surface area contributed by atoms with Crippen molar-refractivity contribution >= 4 is 23.2 Å². The van der Waals surface area contributed by atoms with Crippen LogP contribution in [0.25, 0.3) is 11.3 Å². The highest BCUT2D eigenvalue weighted by Crippen LogP contribution is 2.23. The van der Waals surface area contributed by atoms with Crippen LogP contribution < -0.4 is 10.9 Å². The molecule has 3 N–H and O–H groups in total. The van der Waals surface area contributed by atoms with E-state index in [2.05, 4.69) is 25.5 Å². The number of rotatable bonds is 6. The predicted octanol–water partition coefficient (Wildman–Crippen LogP) is 3.15. The Hall–Kier alpha value is -3.56. The molecule has 0 amide bonds. The van der Waals surface area contributed by atoms with Crippen LogP contribution in [0.15, 0.2) is 66.0 Å². The number of nitrogens with one attached hydrogen (secondary N) is 2. The lowest BCUT2D eigenvalue weighted by Crippen LogP contribution is -2.27. The molecule has 152 valence electrons. The van der Waals surface area contributed by atoms with Crippen molar-refractivity contribution in [2.24, 2.45) is 0 Å². The van der Waals surface area contributed by atoms with Gasteiger partial charge in [-0.3, -0.25) is 9.89 Å². The fourth-order valence-electron chi connectivity index (χ4n) is 3.01. The fraction of sp³-hybridized carbons (Fsp3) is 0.100. The normalized spacial score (nSPS) is 12.0. The van der Waals surface area contributed by atoms with Crippen molar-refractivity contribution in [3.8, 4) is 11.3 Å². The second-order valence-corrected chi connectivity index (χ2v) is 6.82. The maximum Gasteiger partial charge on any atom is 0.251 e. The Kier molecular flexibility index (Phi) is 5.55. The van der Waals surface area contributed by atoms with Crippen molar-refractivity contribution in [3.05, 3.63) is 87.9 Å². The summed E-state index contributed by atoms with van der Waals surface area (Å²) in [5.74, 6) is -0.265. The van der Waals surface area contributed by atoms with Gasteiger partial charge in [-0.1, -0.05) is 17.7 Å². The molecule has 0 fully saturated rings. The summed E-state index contributed by atoms with van der Waals surface area (Å²) >= 11 is 5.72. The summed E-state index contributed by atoms with van der Waals surface area (Å²) in [6.07, 6.45) is 6.36. The molecule has 4 aromatic rings. The molecule has 0 aliphatic carbocycles. The molecular weight excluding hydrogens is 411 g/mol. The number of aliphatic hydroxyl groups is 1. The zero-order valence-electron chi connectivity index (χ0n) is 15.5. The number of hydrogen-bond donors (Lipinski definition) is 3. The molecule has 0 aliphatic rings. The summed E-state index contributed by atoms with van der Waals surface area (Å²) in [5.41, 5.74) is 1.88. The maximum atomic E-state index is 13.8. The van der Waals surface area contributed by atoms with E-state index >= 15 is 0 Å². The van der Waals surface area contributed by atoms with E-state index in [1.165, 1.54) is 29.0 Å². The quantitative estimate of drug-likeness (QED) is 0.437. The summed E-state index contributed by atoms with van der Waals surface area (Å²) in [7, 11) is 0. The van der Waals surface area contributed by atoms with Crippen LogP contribution in [0.1, 0.15) is 11.6 Å². The van der Waals surface area contributed by atoms with Gasteiger partial charge in [0.2, 0.25) is 5.95 Å². The van der Waals surface area contributed by atoms with Gasteiger partial charge in [-0.25, -0.2) is 14.4 Å². The van der Waals surface area contributed by atoms with Gasteiger partial charge in [-0.15, -0.1) is 0 Å². The van der Waals surface area contributed by atoms with Gasteiger partial charge in [0, 0.05) is 30.2 Å². The van der Waals surface area contributed by atoms with E-state index in [-0.39, 0.29) is 17.2 Å². The van der Waals surface area contributed by atoms with Crippen molar-refractivity contribution in [3.63, 3.8) is 0 Å². The number of pyridine rings is 1. The molecule has 1 aromatic carbocycles. The number of halogens is 2. The van der Waals surface area contributed by atoms with Gasteiger partial charge < -0.3 is 15.0 Å². The van der Waals surface area contributed by atoms with Crippen molar-refractivity contribution in [2.45, 2.75) is 6.04 Å². The minimum absolute atomic E-state index is 0.0262. The molecule has 3 heterocycles. The molecule has 8 nitrogen and oxygen atoms in total. The predicted molar refractivity (Wildman–Crippen MR) is 110 cm³/mol. The van der Waals surface area contributed by atoms with E-state index in [1.54, 1.807) is 36.8 Å². The van der Waals surface area contributed by atoms with E-state index in [0.29, 0.717) is 28.5 Å². The van der Waals surface area contributed by atoms with Crippen molar-refractivity contribution in [1.82, 2.24) is 24.7 Å². The number of aromatic amines is 1. The third-order valence-corrected chi connectivity index (χ3v) is 4.80. The molecule has 0 saturated carbocycles. The average molecular weight is 427 g/mol. The Morgan fingerprint density at radius 1 is 1.27 bits per heavy atom. The summed E-state index contributed by atoms with van der Waals surface area (Å²) in [6.45, 7) is -0.382. The van der Waals surface area contributed by atoms with Gasteiger partial charge in [0.05, 0.1) is 35.2 Å². The van der Waals surface area contributed by atoms with Crippen LogP contribution >= 0.6 is 11.6 Å². The van der Waals surface area contributed by atoms with Gasteiger partial charge in [-0.2, -0.15) is 5.10 Å². The summed E-state index contributed by atoms with van der Waals surface area (Å²) < 4.78 is 15.2. The van der Waals surface area contributed by atoms with Crippen LogP contribution in [0, 0.1) is 5.82 Å². The van der Waals surface area contributed by atoms with Gasteiger partial charge in [0.15, 0.2) is 0 Å². The Morgan fingerprint density at radius 2 is 2.13 bits per heavy atom. The number of aromatic nitrogens is 5. The maximum absolute atomic E-state index is 13.8. The van der Waals surface area contributed by atoms with Crippen LogP contribution in [0.4, 0.5) is 16.0 Å². The van der Waals surface area contributed by atoms with Crippen LogP contribution in [-0.2, 0) is 0 Å². The fourth-order valence-corrected chi connectivity index (χ4v) is 3.13. The first-order valence-corrected chi connectivity index (χ1v) is 9.30. The van der Waals surface area contributed by atoms with Gasteiger partial charge >= 0.3 is 0 Å². The summed E-state index contributed by atoms with van der Waals surface area (Å²) in [4.78, 5) is 21.3. The molecule has 3 aromatic heterocycles. The lowest BCUT2D eigenvalue weighted by Gasteiger charge is -2.18. The summed E-state index contributed by atoms with van der Waals surface area (Å²) in [5, 5.41) is 19.3. The van der Waals surface area contributed by atoms with Gasteiger partial charge in [0.1, 0.15) is 5.82 Å². The average Bonchev–Trinajstić information content (AvgIpc) is 3.25. The van der Waals surface area contributed by atoms with Crippen molar-refractivity contribution in [2.75, 3.05) is 11.9 Å². The molecule has 0 spiro atoms. The number of anilines is 2. The third-order valence-electron chi connectivity index (χ3n) is 4.49. The molecule has 10 heteroatoms. The highest BCUT2D eigenvalue weighted by Gasteiger charge is 2.16. The smallest absolute Gasteiger partial charge is 0.251 e. The van der Waals surface area contributed by atoms with E-state index in [4.69, 9.17) is 11.6 Å². The molecule has 0 unspecified atom stereocenters. The second-order valence-electron chi connectivity index (χ2n) is 6.41. The van der Waals surface area contributed by atoms with Crippen molar-refractivity contribution < 1.29 is 9.50 Å². The minimum Gasteiger partial charge on any atom is -0.394 e. The zero-order chi connectivity index (χ0) is 21.1. The van der Waals surface area contributed by atoms with E-state index in [9.17, 15) is 14.3 Å². The zero-order valence-corrected chi connectivity index (χ0v) is 16.2. The van der Waals surface area contributed by atoms with Crippen molar-refractivity contribution in [1.29, 1.82) is 0 Å². The monoisotopic (exact) mass is 426 g/mol. The van der Waals surface area contributed by atoms with E-state index < -0.39 is 11.9 Å². The molecule has 0 bridgehead atoms. The third kappa shape index (κ3) is 4.07. The molecule has 30 heavy (non-hydrogen) atoms. The Balaban J connectivity index is 1.64. The summed E-state index contributed by atoms with van der Waals surface area (Å²) in [6, 6.07) is 8.20. The van der Waals surface area contributed by atoms with Crippen LogP contribution in [-0.4, -0.2) is 36.4 Å². The lowest BCUT2D eigenvalue weighted by atomic mass is 10.1. The number of hydrogen-bond acceptors (Lipinski definition) is 6. The topological polar surface area (TPSA) is 109 Å². The molecular formula is C20H16ClFN6O2. The minimum atomic E-state index is -0.748. The number of benzene rings is 1.